The van der Waals surface area contributed by atoms with Gasteiger partial charge < -0.3 is 0 Å². The molecule has 0 aliphatic heterocycles. The van der Waals surface area contributed by atoms with E-state index >= 15 is 17.6 Å². The second-order valence-corrected chi connectivity index (χ2v) is 33.0. The second kappa shape index (κ2) is 13.8. The summed E-state index contributed by atoms with van der Waals surface area (Å²) in [4.78, 5) is 0. The molecular weight excluding hydrogens is 818 g/mol. The summed E-state index contributed by atoms with van der Waals surface area (Å²) in [6.45, 7) is 0. The number of benzene rings is 7. The topological polar surface area (TPSA) is 0 Å². The van der Waals surface area contributed by atoms with Crippen LogP contribution in [0.3, 0.4) is 0 Å². The predicted octanol–water partition coefficient (Wildman–Crippen LogP) is 5.00. The molecule has 0 saturated carbocycles. The number of halogens is 4. The van der Waals surface area contributed by atoms with Crippen LogP contribution in [0.5, 0.6) is 0 Å². The van der Waals surface area contributed by atoms with Gasteiger partial charge in [0.15, 0.2) is 0 Å². The molecule has 0 aliphatic rings. The van der Waals surface area contributed by atoms with Gasteiger partial charge in [0, 0.05) is 0 Å². The van der Waals surface area contributed by atoms with Gasteiger partial charge in [-0.15, -0.1) is 0 Å². The fourth-order valence-electron chi connectivity index (χ4n) is 7.29. The standard InChI is InChI=1S/C6F4.6C6H5.2Sn/c7-3-1-4(8)6(10)2-5(3)9;6*1-2-4-6-5-3-1;;/h;6*1-5H;;. The molecule has 0 radical (unpaired) electrons. The first kappa shape index (κ1) is 32.4. The van der Waals surface area contributed by atoms with Crippen molar-refractivity contribution in [3.05, 3.63) is 205 Å². The maximum atomic E-state index is 17.6. The van der Waals surface area contributed by atoms with E-state index in [4.69, 9.17) is 0 Å². The predicted molar refractivity (Wildman–Crippen MR) is 194 cm³/mol. The summed E-state index contributed by atoms with van der Waals surface area (Å²) in [5.74, 6) is -5.28. The summed E-state index contributed by atoms with van der Waals surface area (Å²) >= 11 is -10.3. The van der Waals surface area contributed by atoms with Crippen LogP contribution in [0, 0.1) is 23.3 Å². The summed E-state index contributed by atoms with van der Waals surface area (Å²) in [6.07, 6.45) is 0. The van der Waals surface area contributed by atoms with Crippen molar-refractivity contribution < 1.29 is 17.6 Å². The van der Waals surface area contributed by atoms with Crippen molar-refractivity contribution in [3.8, 4) is 0 Å². The van der Waals surface area contributed by atoms with Gasteiger partial charge >= 0.3 is 288 Å². The van der Waals surface area contributed by atoms with Crippen LogP contribution in [0.4, 0.5) is 17.6 Å². The molecule has 0 saturated heterocycles. The van der Waals surface area contributed by atoms with Crippen molar-refractivity contribution in [2.45, 2.75) is 0 Å². The third-order valence-corrected chi connectivity index (χ3v) is 36.6. The Balaban J connectivity index is 1.67. The normalized spacial score (nSPS) is 11.8. The van der Waals surface area contributed by atoms with Gasteiger partial charge in [-0.1, -0.05) is 0 Å². The SMILES string of the molecule is Fc1c(F)[c]([Sn]([c]2ccccc2)([c]2ccccc2)[c]2ccccc2)c(F)c(F)[c]1[Sn]([c]1ccccc1)([c]1ccccc1)[c]1ccccc1. The maximum absolute atomic E-state index is 17.6. The molecule has 0 bridgehead atoms. The van der Waals surface area contributed by atoms with Gasteiger partial charge in [-0.25, -0.2) is 0 Å². The van der Waals surface area contributed by atoms with E-state index in [1.165, 1.54) is 0 Å². The van der Waals surface area contributed by atoms with Crippen LogP contribution in [0.25, 0.3) is 0 Å². The number of hydrogen-bond donors (Lipinski definition) is 0. The van der Waals surface area contributed by atoms with Crippen LogP contribution in [-0.2, 0) is 0 Å². The van der Waals surface area contributed by atoms with Crippen LogP contribution in [-0.4, -0.2) is 36.8 Å². The van der Waals surface area contributed by atoms with E-state index in [0.717, 1.165) is 0 Å². The fraction of sp³-hybridized carbons (Fsp3) is 0. The monoisotopic (exact) mass is 850 g/mol. The van der Waals surface area contributed by atoms with Gasteiger partial charge in [-0.3, -0.25) is 0 Å². The molecule has 7 aromatic rings. The summed E-state index contributed by atoms with van der Waals surface area (Å²) in [6, 6.07) is 54.7. The molecule has 0 atom stereocenters. The molecule has 0 unspecified atom stereocenters. The van der Waals surface area contributed by atoms with E-state index < -0.39 is 67.2 Å². The zero-order valence-electron chi connectivity index (χ0n) is 25.8. The van der Waals surface area contributed by atoms with Crippen molar-refractivity contribution in [3.63, 3.8) is 0 Å². The van der Waals surface area contributed by atoms with Gasteiger partial charge in [-0.05, 0) is 0 Å². The minimum absolute atomic E-state index is 0.485. The molecule has 48 heavy (non-hydrogen) atoms. The third kappa shape index (κ3) is 5.21. The molecule has 0 aromatic heterocycles. The van der Waals surface area contributed by atoms with Crippen LogP contribution >= 0.6 is 0 Å². The van der Waals surface area contributed by atoms with Gasteiger partial charge in [0.05, 0.1) is 0 Å². The fourth-order valence-corrected chi connectivity index (χ4v) is 34.8. The van der Waals surface area contributed by atoms with Crippen LogP contribution < -0.4 is 28.6 Å². The Bertz CT molecular complexity index is 1770. The van der Waals surface area contributed by atoms with Gasteiger partial charge in [0.1, 0.15) is 0 Å². The molecule has 7 aromatic carbocycles. The summed E-state index contributed by atoms with van der Waals surface area (Å²) in [5.41, 5.74) is 0. The first-order chi connectivity index (χ1) is 23.5. The Morgan fingerprint density at radius 3 is 0.521 bits per heavy atom. The molecule has 0 N–H and O–H groups in total. The van der Waals surface area contributed by atoms with Crippen LogP contribution in [0.1, 0.15) is 0 Å². The molecule has 0 amide bonds. The second-order valence-electron chi connectivity index (χ2n) is 11.7. The molecule has 6 heteroatoms. The van der Waals surface area contributed by atoms with Crippen LogP contribution in [0.15, 0.2) is 182 Å². The Morgan fingerprint density at radius 2 is 0.375 bits per heavy atom. The summed E-state index contributed by atoms with van der Waals surface area (Å²) in [7, 11) is 0. The number of rotatable bonds is 8. The zero-order valence-corrected chi connectivity index (χ0v) is 31.5. The average molecular weight is 848 g/mol. The van der Waals surface area contributed by atoms with E-state index in [-0.39, 0.29) is 0 Å². The first-order valence-electron chi connectivity index (χ1n) is 15.7. The van der Waals surface area contributed by atoms with Gasteiger partial charge in [0.25, 0.3) is 0 Å². The molecule has 0 heterocycles. The Kier molecular flexibility index (Phi) is 9.29. The summed E-state index contributed by atoms with van der Waals surface area (Å²) < 4.78 is 73.6. The van der Waals surface area contributed by atoms with Crippen molar-refractivity contribution >= 4 is 65.4 Å². The molecule has 0 nitrogen and oxygen atoms in total. The molecule has 0 fully saturated rings. The number of hydrogen-bond acceptors (Lipinski definition) is 0. The molecule has 0 aliphatic carbocycles. The van der Waals surface area contributed by atoms with Crippen molar-refractivity contribution in [1.82, 2.24) is 0 Å². The van der Waals surface area contributed by atoms with Gasteiger partial charge in [-0.2, -0.15) is 0 Å². The summed E-state index contributed by atoms with van der Waals surface area (Å²) in [5, 5.41) is 0. The third-order valence-electron chi connectivity index (χ3n) is 9.25. The Labute approximate surface area is 286 Å². The van der Waals surface area contributed by atoms with Crippen molar-refractivity contribution in [1.29, 1.82) is 0 Å². The quantitative estimate of drug-likeness (QED) is 0.115. The zero-order chi connectivity index (χ0) is 33.1. The average Bonchev–Trinajstić information content (AvgIpc) is 3.16. The van der Waals surface area contributed by atoms with E-state index in [9.17, 15) is 0 Å². The van der Waals surface area contributed by atoms with E-state index in [1.807, 2.05) is 182 Å². The minimum atomic E-state index is -5.13. The van der Waals surface area contributed by atoms with Crippen molar-refractivity contribution in [2.24, 2.45) is 0 Å². The Morgan fingerprint density at radius 1 is 0.229 bits per heavy atom. The van der Waals surface area contributed by atoms with Crippen molar-refractivity contribution in [2.75, 3.05) is 0 Å². The Hall–Kier alpha value is -4.14. The molecule has 7 rings (SSSR count). The molecule has 234 valence electrons. The van der Waals surface area contributed by atoms with E-state index in [0.29, 0.717) is 21.5 Å². The molecular formula is C42H30F4Sn2. The van der Waals surface area contributed by atoms with Crippen LogP contribution in [0.2, 0.25) is 0 Å². The molecule has 0 spiro atoms. The van der Waals surface area contributed by atoms with Gasteiger partial charge in [0.2, 0.25) is 0 Å². The van der Waals surface area contributed by atoms with E-state index in [1.54, 1.807) is 0 Å². The first-order valence-corrected chi connectivity index (χ1v) is 27.1. The van der Waals surface area contributed by atoms with E-state index in [2.05, 4.69) is 0 Å².